The first kappa shape index (κ1) is 23.8. The number of carbonyl (C=O) groups is 2. The van der Waals surface area contributed by atoms with Gasteiger partial charge in [0.15, 0.2) is 11.8 Å². The van der Waals surface area contributed by atoms with Crippen molar-refractivity contribution in [1.82, 2.24) is 19.3 Å². The number of imidazole rings is 1. The smallest absolute Gasteiger partial charge is 0.316 e. The van der Waals surface area contributed by atoms with E-state index in [2.05, 4.69) is 15.4 Å². The van der Waals surface area contributed by atoms with Crippen molar-refractivity contribution in [3.8, 4) is 0 Å². The maximum atomic E-state index is 12.3. The summed E-state index contributed by atoms with van der Waals surface area (Å²) in [4.78, 5) is 29.2. The zero-order valence-electron chi connectivity index (χ0n) is 18.8. The molecule has 0 bridgehead atoms. The molecular weight excluding hydrogens is 474 g/mol. The summed E-state index contributed by atoms with van der Waals surface area (Å²) in [6, 6.07) is 17.3. The minimum absolute atomic E-state index is 0.0169. The minimum atomic E-state index is -0.506. The van der Waals surface area contributed by atoms with Crippen molar-refractivity contribution in [2.75, 3.05) is 17.7 Å². The molecule has 0 saturated heterocycles. The molecule has 0 fully saturated rings. The summed E-state index contributed by atoms with van der Waals surface area (Å²) in [5.74, 6) is -0.359. The molecule has 0 aliphatic rings. The number of benzene rings is 2. The van der Waals surface area contributed by atoms with Crippen LogP contribution in [0.15, 0.2) is 66.0 Å². The summed E-state index contributed by atoms with van der Waals surface area (Å²) < 4.78 is 8.89. The molecule has 0 saturated carbocycles. The number of anilines is 1. The number of thioether (sulfide) groups is 1. The highest BCUT2D eigenvalue weighted by atomic mass is 35.5. The quantitative estimate of drug-likeness (QED) is 0.264. The molecule has 2 aromatic heterocycles. The van der Waals surface area contributed by atoms with E-state index in [-0.39, 0.29) is 18.4 Å². The molecule has 2 heterocycles. The fourth-order valence-electron chi connectivity index (χ4n) is 3.42. The molecule has 4 rings (SSSR count). The number of rotatable bonds is 9. The molecule has 2 aromatic carbocycles. The van der Waals surface area contributed by atoms with E-state index in [1.165, 1.54) is 11.8 Å². The van der Waals surface area contributed by atoms with Gasteiger partial charge in [0.05, 0.1) is 29.5 Å². The largest absolute Gasteiger partial charge is 0.455 e. The van der Waals surface area contributed by atoms with Crippen LogP contribution in [0, 0.1) is 0 Å². The highest BCUT2D eigenvalue weighted by molar-refractivity contribution is 7.99. The number of aromatic nitrogens is 4. The summed E-state index contributed by atoms with van der Waals surface area (Å²) in [6.07, 6.45) is 1.60. The Kier molecular flexibility index (Phi) is 7.54. The van der Waals surface area contributed by atoms with Crippen LogP contribution in [-0.2, 0) is 20.9 Å². The molecule has 176 valence electrons. The Morgan fingerprint density at radius 3 is 2.71 bits per heavy atom. The van der Waals surface area contributed by atoms with Crippen LogP contribution in [0.1, 0.15) is 25.5 Å². The number of fused-ring (bicyclic) bond motifs is 1. The number of nitrogens with zero attached hydrogens (tertiary/aromatic N) is 4. The van der Waals surface area contributed by atoms with E-state index in [9.17, 15) is 9.59 Å². The number of halogens is 1. The maximum Gasteiger partial charge on any atom is 0.316 e. The normalized spacial score (nSPS) is 11.2. The minimum Gasteiger partial charge on any atom is -0.455 e. The summed E-state index contributed by atoms with van der Waals surface area (Å²) in [5, 5.41) is 8.14. The molecule has 0 unspecified atom stereocenters. The van der Waals surface area contributed by atoms with Gasteiger partial charge in [0.1, 0.15) is 5.82 Å². The number of esters is 1. The van der Waals surface area contributed by atoms with Crippen LogP contribution < -0.4 is 5.32 Å². The third-order valence-corrected chi connectivity index (χ3v) is 6.15. The second-order valence-corrected chi connectivity index (χ2v) is 9.23. The summed E-state index contributed by atoms with van der Waals surface area (Å²) in [5.41, 5.74) is 2.78. The van der Waals surface area contributed by atoms with Crippen LogP contribution in [-0.4, -0.2) is 43.6 Å². The number of hydrogen-bond donors (Lipinski definition) is 1. The van der Waals surface area contributed by atoms with Gasteiger partial charge in [0.25, 0.3) is 5.91 Å². The predicted molar refractivity (Wildman–Crippen MR) is 133 cm³/mol. The molecule has 1 N–H and O–H groups in total. The Morgan fingerprint density at radius 1 is 1.15 bits per heavy atom. The van der Waals surface area contributed by atoms with Crippen LogP contribution >= 0.6 is 23.4 Å². The van der Waals surface area contributed by atoms with Crippen molar-refractivity contribution in [1.29, 1.82) is 0 Å². The molecule has 0 aliphatic heterocycles. The number of ether oxygens (including phenoxy) is 1. The summed E-state index contributed by atoms with van der Waals surface area (Å²) in [7, 11) is 0. The van der Waals surface area contributed by atoms with Crippen molar-refractivity contribution >= 4 is 52.1 Å². The lowest BCUT2D eigenvalue weighted by molar-refractivity contribution is -0.144. The molecule has 0 radical (unpaired) electrons. The molecule has 8 nitrogen and oxygen atoms in total. The molecule has 1 amide bonds. The van der Waals surface area contributed by atoms with Crippen molar-refractivity contribution in [2.45, 2.75) is 31.6 Å². The number of amides is 1. The molecule has 10 heteroatoms. The molecular formula is C24H24ClN5O3S. The average molecular weight is 498 g/mol. The van der Waals surface area contributed by atoms with E-state index < -0.39 is 11.9 Å². The zero-order chi connectivity index (χ0) is 24.1. The lowest BCUT2D eigenvalue weighted by atomic mass is 10.2. The lowest BCUT2D eigenvalue weighted by Crippen LogP contribution is -2.23. The van der Waals surface area contributed by atoms with Gasteiger partial charge in [0, 0.05) is 17.1 Å². The highest BCUT2D eigenvalue weighted by Crippen LogP contribution is 2.27. The van der Waals surface area contributed by atoms with Crippen LogP contribution in [0.5, 0.6) is 0 Å². The first-order chi connectivity index (χ1) is 16.4. The van der Waals surface area contributed by atoms with E-state index in [1.807, 2.05) is 60.9 Å². The standard InChI is InChI=1S/C24H24ClN5O3S/c1-16(2)30-21(10-11-26-30)28-22(31)14-33-23(32)15-34-24-27-19-12-18(25)8-9-20(19)29(24)13-17-6-4-3-5-7-17/h3-12,16H,13-15H2,1-2H3,(H,28,31). The fraction of sp³-hybridized carbons (Fsp3) is 0.250. The fourth-order valence-corrected chi connectivity index (χ4v) is 4.40. The van der Waals surface area contributed by atoms with Gasteiger partial charge in [-0.25, -0.2) is 9.67 Å². The van der Waals surface area contributed by atoms with Gasteiger partial charge in [0.2, 0.25) is 0 Å². The second-order valence-electron chi connectivity index (χ2n) is 7.85. The van der Waals surface area contributed by atoms with Crippen LogP contribution in [0.3, 0.4) is 0 Å². The Bertz CT molecular complexity index is 1300. The second kappa shape index (κ2) is 10.8. The molecule has 0 atom stereocenters. The molecule has 4 aromatic rings. The zero-order valence-corrected chi connectivity index (χ0v) is 20.3. The first-order valence-corrected chi connectivity index (χ1v) is 12.1. The average Bonchev–Trinajstić information content (AvgIpc) is 3.41. The van der Waals surface area contributed by atoms with Gasteiger partial charge in [-0.1, -0.05) is 53.7 Å². The molecule has 0 spiro atoms. The predicted octanol–water partition coefficient (Wildman–Crippen LogP) is 4.79. The molecule has 34 heavy (non-hydrogen) atoms. The van der Waals surface area contributed by atoms with E-state index in [4.69, 9.17) is 16.3 Å². The third-order valence-electron chi connectivity index (χ3n) is 4.97. The molecule has 0 aliphatic carbocycles. The lowest BCUT2D eigenvalue weighted by Gasteiger charge is -2.12. The van der Waals surface area contributed by atoms with Crippen molar-refractivity contribution < 1.29 is 14.3 Å². The van der Waals surface area contributed by atoms with Gasteiger partial charge >= 0.3 is 5.97 Å². The highest BCUT2D eigenvalue weighted by Gasteiger charge is 2.16. The number of nitrogens with one attached hydrogen (secondary N) is 1. The third kappa shape index (κ3) is 5.78. The van der Waals surface area contributed by atoms with Gasteiger partial charge in [-0.3, -0.25) is 9.59 Å². The van der Waals surface area contributed by atoms with Crippen molar-refractivity contribution in [2.24, 2.45) is 0 Å². The van der Waals surface area contributed by atoms with Gasteiger partial charge < -0.3 is 14.6 Å². The summed E-state index contributed by atoms with van der Waals surface area (Å²) >= 11 is 7.40. The number of hydrogen-bond acceptors (Lipinski definition) is 6. The van der Waals surface area contributed by atoms with Gasteiger partial charge in [-0.2, -0.15) is 5.10 Å². The Hall–Kier alpha value is -3.30. The maximum absolute atomic E-state index is 12.3. The Morgan fingerprint density at radius 2 is 1.94 bits per heavy atom. The topological polar surface area (TPSA) is 91.0 Å². The van der Waals surface area contributed by atoms with Gasteiger partial charge in [-0.15, -0.1) is 0 Å². The van der Waals surface area contributed by atoms with Crippen molar-refractivity contribution in [3.63, 3.8) is 0 Å². The SMILES string of the molecule is CC(C)n1nccc1NC(=O)COC(=O)CSc1nc2cc(Cl)ccc2n1Cc1ccccc1. The van der Waals surface area contributed by atoms with E-state index >= 15 is 0 Å². The van der Waals surface area contributed by atoms with Gasteiger partial charge in [-0.05, 0) is 37.6 Å². The number of carbonyl (C=O) groups excluding carboxylic acids is 2. The van der Waals surface area contributed by atoms with Crippen LogP contribution in [0.4, 0.5) is 5.82 Å². The van der Waals surface area contributed by atoms with E-state index in [0.29, 0.717) is 22.5 Å². The Labute approximate surface area is 206 Å². The van der Waals surface area contributed by atoms with E-state index in [0.717, 1.165) is 16.6 Å². The van der Waals surface area contributed by atoms with Crippen LogP contribution in [0.25, 0.3) is 11.0 Å². The van der Waals surface area contributed by atoms with Crippen molar-refractivity contribution in [3.05, 3.63) is 71.4 Å². The monoisotopic (exact) mass is 497 g/mol. The van der Waals surface area contributed by atoms with E-state index in [1.54, 1.807) is 23.0 Å². The summed E-state index contributed by atoms with van der Waals surface area (Å²) in [6.45, 7) is 4.14. The Balaban J connectivity index is 1.38. The van der Waals surface area contributed by atoms with Crippen LogP contribution in [0.2, 0.25) is 5.02 Å². The first-order valence-electron chi connectivity index (χ1n) is 10.7.